The van der Waals surface area contributed by atoms with Gasteiger partial charge in [-0.3, -0.25) is 9.59 Å². The maximum Gasteiger partial charge on any atom is 0.136 e. The molecule has 0 aromatic rings. The molecule has 0 amide bonds. The zero-order valence-corrected chi connectivity index (χ0v) is 8.11. The van der Waals surface area contributed by atoms with Crippen molar-refractivity contribution < 1.29 is 9.59 Å². The van der Waals surface area contributed by atoms with E-state index in [1.54, 1.807) is 0 Å². The first-order valence-corrected chi connectivity index (χ1v) is 5.81. The van der Waals surface area contributed by atoms with E-state index in [9.17, 15) is 9.59 Å². The summed E-state index contributed by atoms with van der Waals surface area (Å²) >= 11 is 0. The van der Waals surface area contributed by atoms with Crippen LogP contribution < -0.4 is 0 Å². The van der Waals surface area contributed by atoms with Crippen LogP contribution in [0.4, 0.5) is 0 Å². The van der Waals surface area contributed by atoms with Gasteiger partial charge in [-0.1, -0.05) is 0 Å². The zero-order chi connectivity index (χ0) is 9.45. The largest absolute Gasteiger partial charge is 0.299 e. The maximum absolute atomic E-state index is 11.7. The van der Waals surface area contributed by atoms with Crippen LogP contribution in [0.15, 0.2) is 0 Å². The highest BCUT2D eigenvalue weighted by atomic mass is 16.1. The quantitative estimate of drug-likeness (QED) is 0.542. The standard InChI is InChI=1S/C12H14O2/c13-9-3-5-1-7(9)12-6-2-8(11(5)12)10(14)4-6/h5-8,11-12H,1-4H2. The molecular formula is C12H14O2. The Balaban J connectivity index is 1.79. The average Bonchev–Trinajstić information content (AvgIpc) is 2.78. The molecule has 4 fully saturated rings. The fourth-order valence-corrected chi connectivity index (χ4v) is 5.05. The van der Waals surface area contributed by atoms with Gasteiger partial charge in [0.25, 0.3) is 0 Å². The molecule has 0 spiro atoms. The molecule has 6 atom stereocenters. The minimum atomic E-state index is 0.369. The molecule has 0 N–H and O–H groups in total. The fraction of sp³-hybridized carbons (Fsp3) is 0.833. The number of hydrogen-bond donors (Lipinski definition) is 0. The molecule has 4 bridgehead atoms. The molecule has 0 heterocycles. The highest BCUT2D eigenvalue weighted by Crippen LogP contribution is 2.65. The molecule has 4 rings (SSSR count). The van der Waals surface area contributed by atoms with Gasteiger partial charge in [0, 0.05) is 24.7 Å². The van der Waals surface area contributed by atoms with Gasteiger partial charge < -0.3 is 0 Å². The maximum atomic E-state index is 11.7. The van der Waals surface area contributed by atoms with Crippen LogP contribution in [0.25, 0.3) is 0 Å². The topological polar surface area (TPSA) is 34.1 Å². The van der Waals surface area contributed by atoms with Gasteiger partial charge in [-0.2, -0.15) is 0 Å². The van der Waals surface area contributed by atoms with E-state index in [0.717, 1.165) is 25.7 Å². The number of carbonyl (C=O) groups excluding carboxylic acids is 2. The number of ketones is 2. The Hall–Kier alpha value is -0.660. The van der Waals surface area contributed by atoms with E-state index >= 15 is 0 Å². The molecule has 0 aromatic carbocycles. The molecule has 0 aliphatic heterocycles. The molecule has 0 radical (unpaired) electrons. The van der Waals surface area contributed by atoms with Gasteiger partial charge in [-0.15, -0.1) is 0 Å². The third kappa shape index (κ3) is 0.645. The number of fused-ring (bicyclic) bond motifs is 9. The van der Waals surface area contributed by atoms with Gasteiger partial charge in [0.15, 0.2) is 0 Å². The summed E-state index contributed by atoms with van der Waals surface area (Å²) < 4.78 is 0. The Morgan fingerprint density at radius 2 is 1.21 bits per heavy atom. The summed E-state index contributed by atoms with van der Waals surface area (Å²) in [6.07, 6.45) is 3.83. The number of carbonyl (C=O) groups is 2. The summed E-state index contributed by atoms with van der Waals surface area (Å²) in [7, 11) is 0. The Morgan fingerprint density at radius 3 is 1.64 bits per heavy atom. The van der Waals surface area contributed by atoms with E-state index in [4.69, 9.17) is 0 Å². The third-order valence-corrected chi connectivity index (χ3v) is 5.33. The van der Waals surface area contributed by atoms with Crippen molar-refractivity contribution in [2.75, 3.05) is 0 Å². The fourth-order valence-electron chi connectivity index (χ4n) is 5.05. The molecule has 74 valence electrons. The molecule has 0 aromatic heterocycles. The SMILES string of the molecule is O=C1CC2CC1C1C3CC(=O)C(C3)C21. The average molecular weight is 190 g/mol. The minimum absolute atomic E-state index is 0.369. The first-order chi connectivity index (χ1) is 6.75. The first-order valence-electron chi connectivity index (χ1n) is 5.81. The second kappa shape index (κ2) is 2.12. The van der Waals surface area contributed by atoms with E-state index in [-0.39, 0.29) is 0 Å². The van der Waals surface area contributed by atoms with Crippen LogP contribution in [0.3, 0.4) is 0 Å². The van der Waals surface area contributed by atoms with Crippen molar-refractivity contribution in [1.82, 2.24) is 0 Å². The Bertz CT molecular complexity index is 312. The van der Waals surface area contributed by atoms with Crippen molar-refractivity contribution in [3.05, 3.63) is 0 Å². The van der Waals surface area contributed by atoms with Crippen molar-refractivity contribution in [3.8, 4) is 0 Å². The highest BCUT2D eigenvalue weighted by Gasteiger charge is 2.64. The molecule has 0 saturated heterocycles. The smallest absolute Gasteiger partial charge is 0.136 e. The lowest BCUT2D eigenvalue weighted by atomic mass is 9.70. The van der Waals surface area contributed by atoms with Crippen molar-refractivity contribution in [3.63, 3.8) is 0 Å². The van der Waals surface area contributed by atoms with Gasteiger partial charge in [0.1, 0.15) is 11.6 Å². The van der Waals surface area contributed by atoms with Crippen LogP contribution in [0, 0.1) is 35.5 Å². The zero-order valence-electron chi connectivity index (χ0n) is 8.11. The summed E-state index contributed by atoms with van der Waals surface area (Å²) in [6, 6.07) is 0. The summed E-state index contributed by atoms with van der Waals surface area (Å²) in [4.78, 5) is 23.3. The summed E-state index contributed by atoms with van der Waals surface area (Å²) in [5.41, 5.74) is 0. The van der Waals surface area contributed by atoms with Crippen molar-refractivity contribution in [2.24, 2.45) is 35.5 Å². The molecule has 14 heavy (non-hydrogen) atoms. The number of hydrogen-bond acceptors (Lipinski definition) is 2. The predicted octanol–water partition coefficient (Wildman–Crippen LogP) is 1.44. The Morgan fingerprint density at radius 1 is 0.786 bits per heavy atom. The van der Waals surface area contributed by atoms with Gasteiger partial charge in [-0.25, -0.2) is 0 Å². The van der Waals surface area contributed by atoms with Gasteiger partial charge in [0.2, 0.25) is 0 Å². The van der Waals surface area contributed by atoms with Gasteiger partial charge >= 0.3 is 0 Å². The van der Waals surface area contributed by atoms with E-state index in [0.29, 0.717) is 47.1 Å². The minimum Gasteiger partial charge on any atom is -0.299 e. The second-order valence-corrected chi connectivity index (χ2v) is 5.70. The van der Waals surface area contributed by atoms with Crippen LogP contribution in [-0.2, 0) is 9.59 Å². The molecule has 2 nitrogen and oxygen atoms in total. The summed E-state index contributed by atoms with van der Waals surface area (Å²) in [6.45, 7) is 0. The molecule has 4 aliphatic carbocycles. The Labute approximate surface area is 83.1 Å². The van der Waals surface area contributed by atoms with Crippen LogP contribution in [0.1, 0.15) is 25.7 Å². The molecule has 4 saturated carbocycles. The van der Waals surface area contributed by atoms with E-state index in [2.05, 4.69) is 0 Å². The number of rotatable bonds is 0. The molecule has 6 unspecified atom stereocenters. The van der Waals surface area contributed by atoms with Crippen LogP contribution in [-0.4, -0.2) is 11.6 Å². The van der Waals surface area contributed by atoms with Gasteiger partial charge in [0.05, 0.1) is 0 Å². The first kappa shape index (κ1) is 7.61. The molecule has 4 aliphatic rings. The summed E-state index contributed by atoms with van der Waals surface area (Å²) in [5.74, 6) is 4.20. The van der Waals surface area contributed by atoms with Crippen LogP contribution in [0.2, 0.25) is 0 Å². The Kier molecular flexibility index (Phi) is 1.15. The van der Waals surface area contributed by atoms with Crippen LogP contribution >= 0.6 is 0 Å². The lowest BCUT2D eigenvalue weighted by molar-refractivity contribution is -0.131. The van der Waals surface area contributed by atoms with Crippen molar-refractivity contribution in [1.29, 1.82) is 0 Å². The molecular weight excluding hydrogens is 176 g/mol. The normalized spacial score (nSPS) is 58.6. The highest BCUT2D eigenvalue weighted by molar-refractivity contribution is 5.89. The monoisotopic (exact) mass is 190 g/mol. The van der Waals surface area contributed by atoms with Crippen molar-refractivity contribution in [2.45, 2.75) is 25.7 Å². The van der Waals surface area contributed by atoms with Crippen molar-refractivity contribution >= 4 is 11.6 Å². The predicted molar refractivity (Wildman–Crippen MR) is 49.4 cm³/mol. The van der Waals surface area contributed by atoms with E-state index < -0.39 is 0 Å². The summed E-state index contributed by atoms with van der Waals surface area (Å²) in [5, 5.41) is 0. The lowest BCUT2D eigenvalue weighted by Gasteiger charge is -2.32. The third-order valence-electron chi connectivity index (χ3n) is 5.33. The van der Waals surface area contributed by atoms with E-state index in [1.807, 2.05) is 0 Å². The molecule has 2 heteroatoms. The van der Waals surface area contributed by atoms with Crippen LogP contribution in [0.5, 0.6) is 0 Å². The number of Topliss-reactive ketones (excluding diaryl/α,β-unsaturated/α-hetero) is 2. The second-order valence-electron chi connectivity index (χ2n) is 5.70. The van der Waals surface area contributed by atoms with Gasteiger partial charge in [-0.05, 0) is 36.5 Å². The lowest BCUT2D eigenvalue weighted by Crippen LogP contribution is -2.35. The van der Waals surface area contributed by atoms with E-state index in [1.165, 1.54) is 0 Å².